The summed E-state index contributed by atoms with van der Waals surface area (Å²) in [6, 6.07) is 21.5. The van der Waals surface area contributed by atoms with Crippen molar-refractivity contribution in [1.82, 2.24) is 0 Å². The molecule has 3 aromatic carbocycles. The van der Waals surface area contributed by atoms with Crippen LogP contribution in [-0.4, -0.2) is 25.4 Å². The molecule has 32 heavy (non-hydrogen) atoms. The fraction of sp³-hybridized carbons (Fsp3) is 0.185. The summed E-state index contributed by atoms with van der Waals surface area (Å²) in [5.41, 5.74) is 4.93. The predicted molar refractivity (Wildman–Crippen MR) is 128 cm³/mol. The van der Waals surface area contributed by atoms with Crippen LogP contribution in [0.15, 0.2) is 99.6 Å². The summed E-state index contributed by atoms with van der Waals surface area (Å²) in [6.45, 7) is 1.79. The molecule has 0 bridgehead atoms. The summed E-state index contributed by atoms with van der Waals surface area (Å²) in [7, 11) is 0. The fourth-order valence-electron chi connectivity index (χ4n) is 5.63. The lowest BCUT2D eigenvalue weighted by atomic mass is 9.94. The Hall–Kier alpha value is -3.31. The molecule has 4 nitrogen and oxygen atoms in total. The van der Waals surface area contributed by atoms with Crippen molar-refractivity contribution in [3.63, 3.8) is 0 Å². The highest BCUT2D eigenvalue weighted by atomic mass is 32.2. The molecule has 2 atom stereocenters. The van der Waals surface area contributed by atoms with E-state index >= 15 is 0 Å². The maximum absolute atomic E-state index is 6.58. The van der Waals surface area contributed by atoms with Gasteiger partial charge in [0.1, 0.15) is 17.6 Å². The second-order valence-electron chi connectivity index (χ2n) is 8.80. The minimum atomic E-state index is -0.119. The molecule has 0 radical (unpaired) electrons. The van der Waals surface area contributed by atoms with Gasteiger partial charge < -0.3 is 19.3 Å². The van der Waals surface area contributed by atoms with E-state index in [-0.39, 0.29) is 12.3 Å². The number of thioether (sulfide) groups is 1. The van der Waals surface area contributed by atoms with Crippen LogP contribution in [0.5, 0.6) is 5.75 Å². The predicted octanol–water partition coefficient (Wildman–Crippen LogP) is 5.82. The van der Waals surface area contributed by atoms with Crippen molar-refractivity contribution in [2.45, 2.75) is 23.6 Å². The molecular formula is C27H20N2O2S. The maximum Gasteiger partial charge on any atom is 0.202 e. The third-order valence-electron chi connectivity index (χ3n) is 7.09. The van der Waals surface area contributed by atoms with E-state index in [1.807, 2.05) is 17.8 Å². The number of para-hydroxylation sites is 2. The van der Waals surface area contributed by atoms with Crippen molar-refractivity contribution < 1.29 is 9.47 Å². The van der Waals surface area contributed by atoms with Gasteiger partial charge in [0.15, 0.2) is 0 Å². The van der Waals surface area contributed by atoms with Gasteiger partial charge in [-0.15, -0.1) is 0 Å². The van der Waals surface area contributed by atoms with Gasteiger partial charge >= 0.3 is 0 Å². The number of hydrogen-bond acceptors (Lipinski definition) is 5. The van der Waals surface area contributed by atoms with Crippen LogP contribution in [0.4, 0.5) is 11.4 Å². The second-order valence-corrected chi connectivity index (χ2v) is 9.83. The number of anilines is 2. The van der Waals surface area contributed by atoms with Crippen molar-refractivity contribution in [3.8, 4) is 5.75 Å². The van der Waals surface area contributed by atoms with Crippen LogP contribution in [-0.2, 0) is 4.74 Å². The summed E-state index contributed by atoms with van der Waals surface area (Å²) >= 11 is 1.88. The average molecular weight is 437 g/mol. The van der Waals surface area contributed by atoms with Crippen LogP contribution in [0.2, 0.25) is 0 Å². The second kappa shape index (κ2) is 6.14. The molecule has 8 rings (SSSR count). The Bertz CT molecular complexity index is 1420. The van der Waals surface area contributed by atoms with Gasteiger partial charge in [0.2, 0.25) is 6.23 Å². The van der Waals surface area contributed by atoms with Gasteiger partial charge in [0.05, 0.1) is 22.0 Å². The number of benzene rings is 3. The lowest BCUT2D eigenvalue weighted by Crippen LogP contribution is -2.44. The van der Waals surface area contributed by atoms with Crippen molar-refractivity contribution in [2.75, 3.05) is 22.9 Å². The number of rotatable bonds is 0. The van der Waals surface area contributed by atoms with E-state index in [2.05, 4.69) is 76.5 Å². The van der Waals surface area contributed by atoms with E-state index in [1.54, 1.807) is 0 Å². The molecule has 0 spiro atoms. The van der Waals surface area contributed by atoms with Gasteiger partial charge in [-0.1, -0.05) is 54.2 Å². The van der Waals surface area contributed by atoms with Gasteiger partial charge in [-0.2, -0.15) is 0 Å². The molecule has 5 heteroatoms. The quantitative estimate of drug-likeness (QED) is 0.443. The molecule has 0 N–H and O–H groups in total. The zero-order valence-electron chi connectivity index (χ0n) is 17.3. The smallest absolute Gasteiger partial charge is 0.202 e. The largest absolute Gasteiger partial charge is 0.485 e. The molecule has 0 aromatic heterocycles. The highest BCUT2D eigenvalue weighted by molar-refractivity contribution is 8.03. The molecule has 5 heterocycles. The highest BCUT2D eigenvalue weighted by Gasteiger charge is 2.44. The Morgan fingerprint density at radius 3 is 2.84 bits per heavy atom. The minimum Gasteiger partial charge on any atom is -0.485 e. The summed E-state index contributed by atoms with van der Waals surface area (Å²) in [6.07, 6.45) is 5.54. The van der Waals surface area contributed by atoms with E-state index in [4.69, 9.17) is 9.47 Å². The molecule has 0 aliphatic carbocycles. The lowest BCUT2D eigenvalue weighted by Gasteiger charge is -2.40. The Morgan fingerprint density at radius 1 is 0.938 bits per heavy atom. The molecule has 5 aliphatic rings. The summed E-state index contributed by atoms with van der Waals surface area (Å²) in [4.78, 5) is 6.17. The third-order valence-corrected chi connectivity index (χ3v) is 8.29. The zero-order chi connectivity index (χ0) is 20.8. The molecule has 0 saturated carbocycles. The van der Waals surface area contributed by atoms with E-state index in [9.17, 15) is 0 Å². The van der Waals surface area contributed by atoms with Gasteiger partial charge in [-0.3, -0.25) is 0 Å². The van der Waals surface area contributed by atoms with E-state index < -0.39 is 0 Å². The van der Waals surface area contributed by atoms with Crippen molar-refractivity contribution in [1.29, 1.82) is 0 Å². The molecule has 0 amide bonds. The van der Waals surface area contributed by atoms with Crippen LogP contribution in [0, 0.1) is 0 Å². The van der Waals surface area contributed by atoms with E-state index in [0.717, 1.165) is 42.3 Å². The van der Waals surface area contributed by atoms with Crippen LogP contribution in [0.3, 0.4) is 0 Å². The summed E-state index contributed by atoms with van der Waals surface area (Å²) < 4.78 is 13.0. The topological polar surface area (TPSA) is 24.9 Å². The minimum absolute atomic E-state index is 0.111. The Kier molecular flexibility index (Phi) is 3.31. The Morgan fingerprint density at radius 2 is 1.84 bits per heavy atom. The number of nitrogens with zero attached hydrogens (tertiary/aromatic N) is 2. The van der Waals surface area contributed by atoms with Gasteiger partial charge in [-0.05, 0) is 35.7 Å². The fourth-order valence-corrected chi connectivity index (χ4v) is 6.89. The van der Waals surface area contributed by atoms with E-state index in [0.29, 0.717) is 0 Å². The maximum atomic E-state index is 6.58. The van der Waals surface area contributed by atoms with Crippen molar-refractivity contribution in [3.05, 3.63) is 94.8 Å². The van der Waals surface area contributed by atoms with Gasteiger partial charge in [-0.25, -0.2) is 0 Å². The standard InChI is InChI=1S/C27H20N2O2S/c1-2-6-17-16(5-1)9-10-24-25(17)29-14-12-22-19(27(29)32-24)15-18-21(30-22)11-13-28-20-7-3-4-8-23(20)31-26(18)28/h1-11,15,22,26H,12-14H2. The van der Waals surface area contributed by atoms with Crippen molar-refractivity contribution in [2.24, 2.45) is 0 Å². The lowest BCUT2D eigenvalue weighted by molar-refractivity contribution is 0.121. The first-order valence-electron chi connectivity index (χ1n) is 11.2. The highest BCUT2D eigenvalue weighted by Crippen LogP contribution is 2.54. The number of hydrogen-bond donors (Lipinski definition) is 0. The summed E-state index contributed by atoms with van der Waals surface area (Å²) in [5, 5.41) is 3.94. The molecule has 0 saturated heterocycles. The Balaban J connectivity index is 1.27. The molecule has 2 unspecified atom stereocenters. The molecule has 3 aromatic rings. The SMILES string of the molecule is C1=C2OC3CCN4C(=C3C=C2C2Oc3ccccc3N2C1)Sc1ccc2ccccc2c14. The summed E-state index contributed by atoms with van der Waals surface area (Å²) in [5.74, 6) is 1.94. The number of ether oxygens (including phenoxy) is 2. The first-order valence-corrected chi connectivity index (χ1v) is 12.0. The van der Waals surface area contributed by atoms with Crippen LogP contribution >= 0.6 is 11.8 Å². The first-order chi connectivity index (χ1) is 15.8. The molecule has 156 valence electrons. The van der Waals surface area contributed by atoms with Crippen LogP contribution in [0.1, 0.15) is 6.42 Å². The van der Waals surface area contributed by atoms with Crippen LogP contribution < -0.4 is 14.5 Å². The first kappa shape index (κ1) is 17.3. The van der Waals surface area contributed by atoms with Gasteiger partial charge in [0, 0.05) is 35.4 Å². The molecule has 0 fully saturated rings. The third kappa shape index (κ3) is 2.19. The molecule has 5 aliphatic heterocycles. The normalized spacial score (nSPS) is 24.4. The monoisotopic (exact) mass is 436 g/mol. The van der Waals surface area contributed by atoms with Crippen LogP contribution in [0.25, 0.3) is 10.8 Å². The number of fused-ring (bicyclic) bond motifs is 11. The van der Waals surface area contributed by atoms with E-state index in [1.165, 1.54) is 32.0 Å². The Labute approximate surface area is 190 Å². The van der Waals surface area contributed by atoms with Gasteiger partial charge in [0.25, 0.3) is 0 Å². The molecular weight excluding hydrogens is 416 g/mol. The zero-order valence-corrected chi connectivity index (χ0v) is 18.1. The van der Waals surface area contributed by atoms with Crippen molar-refractivity contribution >= 4 is 33.9 Å². The average Bonchev–Trinajstić information content (AvgIpc) is 3.42.